The van der Waals surface area contributed by atoms with E-state index in [4.69, 9.17) is 16.3 Å². The molecule has 26 heavy (non-hydrogen) atoms. The van der Waals surface area contributed by atoms with Crippen molar-refractivity contribution in [3.8, 4) is 5.75 Å². The molecular formula is C20H23ClN2O3. The highest BCUT2D eigenvalue weighted by Crippen LogP contribution is 2.31. The van der Waals surface area contributed by atoms with Crippen LogP contribution >= 0.6 is 11.6 Å². The van der Waals surface area contributed by atoms with Gasteiger partial charge in [0.05, 0.1) is 23.4 Å². The Kier molecular flexibility index (Phi) is 7.04. The van der Waals surface area contributed by atoms with Gasteiger partial charge in [0.1, 0.15) is 5.75 Å². The van der Waals surface area contributed by atoms with Gasteiger partial charge >= 0.3 is 0 Å². The molecule has 6 heteroatoms. The Bertz CT molecular complexity index is 778. The van der Waals surface area contributed by atoms with E-state index in [9.17, 15) is 9.59 Å². The second kappa shape index (κ2) is 9.25. The number of halogens is 1. The highest BCUT2D eigenvalue weighted by Gasteiger charge is 2.18. The minimum absolute atomic E-state index is 0.0128. The quantitative estimate of drug-likeness (QED) is 0.768. The lowest BCUT2D eigenvalue weighted by Crippen LogP contribution is -2.33. The van der Waals surface area contributed by atoms with Crippen LogP contribution in [0.2, 0.25) is 5.02 Å². The van der Waals surface area contributed by atoms with Gasteiger partial charge in [-0.1, -0.05) is 41.9 Å². The molecule has 2 N–H and O–H groups in total. The van der Waals surface area contributed by atoms with Gasteiger partial charge in [-0.25, -0.2) is 0 Å². The van der Waals surface area contributed by atoms with E-state index < -0.39 is 0 Å². The predicted molar refractivity (Wildman–Crippen MR) is 104 cm³/mol. The summed E-state index contributed by atoms with van der Waals surface area (Å²) in [4.78, 5) is 23.8. The summed E-state index contributed by atoms with van der Waals surface area (Å²) < 4.78 is 5.28. The molecular weight excluding hydrogens is 352 g/mol. The van der Waals surface area contributed by atoms with Crippen LogP contribution in [0.3, 0.4) is 0 Å². The number of hydrogen-bond donors (Lipinski definition) is 2. The van der Waals surface area contributed by atoms with E-state index in [0.717, 1.165) is 12.8 Å². The van der Waals surface area contributed by atoms with Crippen LogP contribution in [0.15, 0.2) is 42.5 Å². The largest absolute Gasteiger partial charge is 0.496 e. The summed E-state index contributed by atoms with van der Waals surface area (Å²) in [5, 5.41) is 5.85. The molecule has 1 atom stereocenters. The molecule has 0 aliphatic carbocycles. The Morgan fingerprint density at radius 2 is 1.88 bits per heavy atom. The number of aryl methyl sites for hydroxylation is 1. The molecule has 0 saturated carbocycles. The Labute approximate surface area is 158 Å². The summed E-state index contributed by atoms with van der Waals surface area (Å²) in [6.07, 6.45) is 1.69. The fourth-order valence-electron chi connectivity index (χ4n) is 2.59. The van der Waals surface area contributed by atoms with Crippen LogP contribution in [0, 0.1) is 0 Å². The Morgan fingerprint density at radius 1 is 1.19 bits per heavy atom. The van der Waals surface area contributed by atoms with Crippen molar-refractivity contribution in [1.29, 1.82) is 0 Å². The average Bonchev–Trinajstić information content (AvgIpc) is 2.61. The fraction of sp³-hybridized carbons (Fsp3) is 0.300. The van der Waals surface area contributed by atoms with Gasteiger partial charge in [-0.3, -0.25) is 9.59 Å². The Balaban J connectivity index is 2.05. The SMILES string of the molecule is COc1cc(NC(C)=O)c(Cl)cc1C(=O)N[C@@H](C)CCc1ccccc1. The lowest BCUT2D eigenvalue weighted by molar-refractivity contribution is -0.114. The van der Waals surface area contributed by atoms with Crippen LogP contribution in [0.4, 0.5) is 5.69 Å². The van der Waals surface area contributed by atoms with Gasteiger partial charge in [0, 0.05) is 19.0 Å². The number of anilines is 1. The normalized spacial score (nSPS) is 11.5. The van der Waals surface area contributed by atoms with Crippen LogP contribution in [0.25, 0.3) is 0 Å². The first kappa shape index (κ1) is 19.8. The van der Waals surface area contributed by atoms with Crippen molar-refractivity contribution in [2.45, 2.75) is 32.7 Å². The van der Waals surface area contributed by atoms with Gasteiger partial charge in [0.25, 0.3) is 5.91 Å². The molecule has 5 nitrogen and oxygen atoms in total. The molecule has 0 heterocycles. The van der Waals surface area contributed by atoms with Crippen molar-refractivity contribution in [2.24, 2.45) is 0 Å². The first-order valence-electron chi connectivity index (χ1n) is 8.40. The molecule has 0 bridgehead atoms. The highest BCUT2D eigenvalue weighted by molar-refractivity contribution is 6.34. The Hall–Kier alpha value is -2.53. The molecule has 0 unspecified atom stereocenters. The lowest BCUT2D eigenvalue weighted by atomic mass is 10.1. The molecule has 0 aliphatic heterocycles. The highest BCUT2D eigenvalue weighted by atomic mass is 35.5. The van der Waals surface area contributed by atoms with Crippen LogP contribution in [-0.2, 0) is 11.2 Å². The van der Waals surface area contributed by atoms with Crippen molar-refractivity contribution in [1.82, 2.24) is 5.32 Å². The third-order valence-corrected chi connectivity index (χ3v) is 4.24. The third-order valence-electron chi connectivity index (χ3n) is 3.93. The minimum atomic E-state index is -0.265. The number of methoxy groups -OCH3 is 1. The van der Waals surface area contributed by atoms with E-state index in [1.807, 2.05) is 25.1 Å². The topological polar surface area (TPSA) is 67.4 Å². The van der Waals surface area contributed by atoms with Gasteiger partial charge in [-0.15, -0.1) is 0 Å². The number of nitrogens with one attached hydrogen (secondary N) is 2. The van der Waals surface area contributed by atoms with Crippen LogP contribution < -0.4 is 15.4 Å². The number of amides is 2. The zero-order valence-corrected chi connectivity index (χ0v) is 15.9. The van der Waals surface area contributed by atoms with E-state index in [2.05, 4.69) is 22.8 Å². The van der Waals surface area contributed by atoms with Gasteiger partial charge in [0.2, 0.25) is 5.91 Å². The summed E-state index contributed by atoms with van der Waals surface area (Å²) >= 11 is 6.17. The van der Waals surface area contributed by atoms with Crippen molar-refractivity contribution in [2.75, 3.05) is 12.4 Å². The zero-order chi connectivity index (χ0) is 19.1. The van der Waals surface area contributed by atoms with Gasteiger partial charge in [-0.05, 0) is 31.4 Å². The molecule has 2 rings (SSSR count). The standard InChI is InChI=1S/C20H23ClN2O3/c1-13(9-10-15-7-5-4-6-8-15)22-20(25)16-11-17(21)18(23-14(2)24)12-19(16)26-3/h4-8,11-13H,9-10H2,1-3H3,(H,22,25)(H,23,24)/t13-/m0/s1. The van der Waals surface area contributed by atoms with Gasteiger partial charge in [-0.2, -0.15) is 0 Å². The summed E-state index contributed by atoms with van der Waals surface area (Å²) in [6.45, 7) is 3.35. The number of hydrogen-bond acceptors (Lipinski definition) is 3. The molecule has 0 aromatic heterocycles. The summed E-state index contributed by atoms with van der Waals surface area (Å²) in [6, 6.07) is 13.2. The van der Waals surface area contributed by atoms with Gasteiger partial charge in [0.15, 0.2) is 0 Å². The Morgan fingerprint density at radius 3 is 2.50 bits per heavy atom. The zero-order valence-electron chi connectivity index (χ0n) is 15.1. The molecule has 0 aliphatic rings. The summed E-state index contributed by atoms with van der Waals surface area (Å²) in [5.74, 6) is -0.162. The van der Waals surface area contributed by atoms with Crippen molar-refractivity contribution < 1.29 is 14.3 Å². The number of carbonyl (C=O) groups is 2. The van der Waals surface area contributed by atoms with E-state index in [1.54, 1.807) is 6.07 Å². The molecule has 2 aromatic rings. The smallest absolute Gasteiger partial charge is 0.255 e. The maximum absolute atomic E-state index is 12.6. The first-order valence-corrected chi connectivity index (χ1v) is 8.78. The van der Waals surface area contributed by atoms with E-state index in [0.29, 0.717) is 17.0 Å². The predicted octanol–water partition coefficient (Wildman–Crippen LogP) is 4.06. The molecule has 138 valence electrons. The molecule has 0 spiro atoms. The maximum atomic E-state index is 12.6. The van der Waals surface area contributed by atoms with Crippen molar-refractivity contribution in [3.05, 3.63) is 58.6 Å². The van der Waals surface area contributed by atoms with E-state index >= 15 is 0 Å². The second-order valence-corrected chi connectivity index (χ2v) is 6.52. The van der Waals surface area contributed by atoms with Gasteiger partial charge < -0.3 is 15.4 Å². The van der Waals surface area contributed by atoms with Crippen LogP contribution in [0.5, 0.6) is 5.75 Å². The summed E-state index contributed by atoms with van der Waals surface area (Å²) in [5.41, 5.74) is 1.97. The molecule has 2 amide bonds. The van der Waals surface area contributed by atoms with E-state index in [-0.39, 0.29) is 22.9 Å². The lowest BCUT2D eigenvalue weighted by Gasteiger charge is -2.17. The second-order valence-electron chi connectivity index (χ2n) is 6.11. The van der Waals surface area contributed by atoms with Crippen molar-refractivity contribution >= 4 is 29.1 Å². The number of ether oxygens (including phenoxy) is 1. The molecule has 0 saturated heterocycles. The minimum Gasteiger partial charge on any atom is -0.496 e. The van der Waals surface area contributed by atoms with Crippen LogP contribution in [0.1, 0.15) is 36.2 Å². The monoisotopic (exact) mass is 374 g/mol. The summed E-state index contributed by atoms with van der Waals surface area (Å²) in [7, 11) is 1.47. The molecule has 0 radical (unpaired) electrons. The maximum Gasteiger partial charge on any atom is 0.255 e. The van der Waals surface area contributed by atoms with Crippen molar-refractivity contribution in [3.63, 3.8) is 0 Å². The number of carbonyl (C=O) groups excluding carboxylic acids is 2. The number of benzene rings is 2. The first-order chi connectivity index (χ1) is 12.4. The number of rotatable bonds is 7. The van der Waals surface area contributed by atoms with E-state index in [1.165, 1.54) is 25.7 Å². The average molecular weight is 375 g/mol. The van der Waals surface area contributed by atoms with Crippen LogP contribution in [-0.4, -0.2) is 25.0 Å². The fourth-order valence-corrected chi connectivity index (χ4v) is 2.80. The molecule has 2 aromatic carbocycles. The third kappa shape index (κ3) is 5.49. The molecule has 0 fully saturated rings.